The fourth-order valence-electron chi connectivity index (χ4n) is 3.97. The summed E-state index contributed by atoms with van der Waals surface area (Å²) in [7, 11) is 1.54. The molecule has 0 amide bonds. The number of halogens is 3. The minimum Gasteiger partial charge on any atom is -0.493 e. The van der Waals surface area contributed by atoms with Crippen LogP contribution in [0, 0.1) is 0 Å². The van der Waals surface area contributed by atoms with Gasteiger partial charge < -0.3 is 14.6 Å². The minimum absolute atomic E-state index is 0.151. The summed E-state index contributed by atoms with van der Waals surface area (Å²) in [6, 6.07) is 7.40. The molecular weight excluding hydrogens is 435 g/mol. The Balaban J connectivity index is 2.43. The van der Waals surface area contributed by atoms with Gasteiger partial charge in [-0.15, -0.1) is 0 Å². The maximum atomic E-state index is 14.2. The molecule has 2 aromatic rings. The molecule has 1 N–H and O–H groups in total. The number of ether oxygens (including phenoxy) is 2. The number of rotatable bonds is 5. The van der Waals surface area contributed by atoms with Crippen LogP contribution in [0.4, 0.5) is 13.2 Å². The molecule has 1 aliphatic rings. The maximum absolute atomic E-state index is 14.2. The van der Waals surface area contributed by atoms with Gasteiger partial charge in [0.05, 0.1) is 17.8 Å². The molecule has 1 atom stereocenters. The molecule has 0 spiro atoms. The first-order valence-corrected chi connectivity index (χ1v) is 10.7. The predicted molar refractivity (Wildman–Crippen MR) is 120 cm³/mol. The van der Waals surface area contributed by atoms with Crippen molar-refractivity contribution >= 4 is 11.7 Å². The third kappa shape index (κ3) is 5.38. The molecule has 33 heavy (non-hydrogen) atoms. The number of aliphatic imine (C=N–C) groups is 1. The molecular formula is C25H28F3NO4. The Morgan fingerprint density at radius 2 is 1.88 bits per heavy atom. The highest BCUT2D eigenvalue weighted by molar-refractivity contribution is 6.06. The van der Waals surface area contributed by atoms with Crippen LogP contribution in [0.3, 0.4) is 0 Å². The first-order chi connectivity index (χ1) is 15.3. The van der Waals surface area contributed by atoms with Crippen LogP contribution in [-0.2, 0) is 22.1 Å². The van der Waals surface area contributed by atoms with Crippen molar-refractivity contribution < 1.29 is 32.5 Å². The van der Waals surface area contributed by atoms with E-state index in [2.05, 4.69) is 4.99 Å². The Labute approximate surface area is 191 Å². The van der Waals surface area contributed by atoms with Gasteiger partial charge >= 0.3 is 12.1 Å². The zero-order chi connectivity index (χ0) is 24.6. The van der Waals surface area contributed by atoms with Crippen LogP contribution in [0.15, 0.2) is 35.3 Å². The van der Waals surface area contributed by atoms with Crippen molar-refractivity contribution in [2.24, 2.45) is 4.99 Å². The number of carboxylic acids is 1. The standard InChI is InChI=1S/C25H28F3NO4/c1-14(29-5)17-9-10-18(25(26,27)28)21(22(23(30)31)33-24(2,3)4)20(17)16-8-11-19-15(13-16)7-6-12-32-19/h8-11,13,22H,6-7,12H2,1-5H3,(H,30,31). The number of benzene rings is 2. The zero-order valence-electron chi connectivity index (χ0n) is 19.3. The Morgan fingerprint density at radius 3 is 2.45 bits per heavy atom. The van der Waals surface area contributed by atoms with Crippen molar-refractivity contribution in [3.8, 4) is 16.9 Å². The van der Waals surface area contributed by atoms with Crippen molar-refractivity contribution in [2.75, 3.05) is 13.7 Å². The summed E-state index contributed by atoms with van der Waals surface area (Å²) in [4.78, 5) is 16.4. The molecule has 0 bridgehead atoms. The second-order valence-corrected chi connectivity index (χ2v) is 8.98. The molecule has 0 radical (unpaired) electrons. The molecule has 8 heteroatoms. The lowest BCUT2D eigenvalue weighted by Gasteiger charge is -2.30. The third-order valence-electron chi connectivity index (χ3n) is 5.43. The smallest absolute Gasteiger partial charge is 0.416 e. The Bertz CT molecular complexity index is 1080. The van der Waals surface area contributed by atoms with Gasteiger partial charge in [-0.2, -0.15) is 13.2 Å². The van der Waals surface area contributed by atoms with Crippen LogP contribution in [0.1, 0.15) is 62.5 Å². The van der Waals surface area contributed by atoms with Crippen LogP contribution >= 0.6 is 0 Å². The SMILES string of the molecule is CN=C(C)c1ccc(C(F)(F)F)c(C(OC(C)(C)C)C(=O)O)c1-c1ccc2c(c1)CCCO2. The van der Waals surface area contributed by atoms with Gasteiger partial charge in [0, 0.05) is 23.9 Å². The summed E-state index contributed by atoms with van der Waals surface area (Å²) >= 11 is 0. The Hall–Kier alpha value is -2.87. The van der Waals surface area contributed by atoms with Gasteiger partial charge in [-0.25, -0.2) is 4.79 Å². The lowest BCUT2D eigenvalue weighted by molar-refractivity contribution is -0.163. The number of carboxylic acid groups (broad SMARTS) is 1. The summed E-state index contributed by atoms with van der Waals surface area (Å²) in [5.74, 6) is -0.817. The second-order valence-electron chi connectivity index (χ2n) is 8.98. The summed E-state index contributed by atoms with van der Waals surface area (Å²) in [5, 5.41) is 9.99. The van der Waals surface area contributed by atoms with Gasteiger partial charge in [-0.1, -0.05) is 12.1 Å². The third-order valence-corrected chi connectivity index (χ3v) is 5.43. The number of carbonyl (C=O) groups is 1. The molecule has 0 saturated carbocycles. The van der Waals surface area contributed by atoms with Gasteiger partial charge in [0.15, 0.2) is 6.10 Å². The number of aryl methyl sites for hydroxylation is 1. The average Bonchev–Trinajstić information content (AvgIpc) is 2.74. The zero-order valence-corrected chi connectivity index (χ0v) is 19.3. The van der Waals surface area contributed by atoms with E-state index in [0.717, 1.165) is 18.1 Å². The Kier molecular flexibility index (Phi) is 6.88. The van der Waals surface area contributed by atoms with Gasteiger partial charge in [0.1, 0.15) is 5.75 Å². The van der Waals surface area contributed by atoms with Crippen LogP contribution in [0.25, 0.3) is 11.1 Å². The molecule has 3 rings (SSSR count). The molecule has 5 nitrogen and oxygen atoms in total. The first-order valence-electron chi connectivity index (χ1n) is 10.7. The summed E-state index contributed by atoms with van der Waals surface area (Å²) < 4.78 is 53.9. The van der Waals surface area contributed by atoms with Gasteiger partial charge in [0.25, 0.3) is 0 Å². The van der Waals surface area contributed by atoms with E-state index in [0.29, 0.717) is 35.6 Å². The fraction of sp³-hybridized carbons (Fsp3) is 0.440. The summed E-state index contributed by atoms with van der Waals surface area (Å²) in [6.07, 6.45) is -5.12. The van der Waals surface area contributed by atoms with Crippen LogP contribution in [0.5, 0.6) is 5.75 Å². The quantitative estimate of drug-likeness (QED) is 0.546. The predicted octanol–water partition coefficient (Wildman–Crippen LogP) is 6.08. The fourth-order valence-corrected chi connectivity index (χ4v) is 3.97. The highest BCUT2D eigenvalue weighted by Gasteiger charge is 2.41. The normalized spacial score (nSPS) is 15.6. The number of fused-ring (bicyclic) bond motifs is 1. The number of alkyl halides is 3. The van der Waals surface area contributed by atoms with Crippen molar-refractivity contribution in [1.29, 1.82) is 0 Å². The van der Waals surface area contributed by atoms with Crippen molar-refractivity contribution in [3.63, 3.8) is 0 Å². The largest absolute Gasteiger partial charge is 0.493 e. The number of hydrogen-bond donors (Lipinski definition) is 1. The minimum atomic E-state index is -4.79. The topological polar surface area (TPSA) is 68.1 Å². The van der Waals surface area contributed by atoms with E-state index in [-0.39, 0.29) is 5.56 Å². The van der Waals surface area contributed by atoms with Gasteiger partial charge in [0.2, 0.25) is 0 Å². The van der Waals surface area contributed by atoms with Crippen LogP contribution < -0.4 is 4.74 Å². The monoisotopic (exact) mass is 463 g/mol. The molecule has 1 unspecified atom stereocenters. The summed E-state index contributed by atoms with van der Waals surface area (Å²) in [6.45, 7) is 7.07. The van der Waals surface area contributed by atoms with E-state index < -0.39 is 35.0 Å². The summed E-state index contributed by atoms with van der Waals surface area (Å²) in [5.41, 5.74) is -0.105. The van der Waals surface area contributed by atoms with Gasteiger partial charge in [-0.05, 0) is 75.4 Å². The van der Waals surface area contributed by atoms with Gasteiger partial charge in [-0.3, -0.25) is 4.99 Å². The molecule has 178 valence electrons. The van der Waals surface area contributed by atoms with E-state index in [1.165, 1.54) is 13.1 Å². The van der Waals surface area contributed by atoms with E-state index in [9.17, 15) is 23.1 Å². The second kappa shape index (κ2) is 9.17. The highest BCUT2D eigenvalue weighted by atomic mass is 19.4. The molecule has 1 aliphatic heterocycles. The van der Waals surface area contributed by atoms with Crippen LogP contribution in [-0.4, -0.2) is 36.0 Å². The van der Waals surface area contributed by atoms with Crippen molar-refractivity contribution in [1.82, 2.24) is 0 Å². The molecule has 0 saturated heterocycles. The van der Waals surface area contributed by atoms with E-state index >= 15 is 0 Å². The molecule has 0 fully saturated rings. The molecule has 0 aromatic heterocycles. The lowest BCUT2D eigenvalue weighted by Crippen LogP contribution is -2.30. The lowest BCUT2D eigenvalue weighted by atomic mass is 9.85. The average molecular weight is 463 g/mol. The Morgan fingerprint density at radius 1 is 1.18 bits per heavy atom. The number of hydrogen-bond acceptors (Lipinski definition) is 4. The maximum Gasteiger partial charge on any atom is 0.416 e. The van der Waals surface area contributed by atoms with E-state index in [1.54, 1.807) is 45.9 Å². The number of nitrogens with zero attached hydrogens (tertiary/aromatic N) is 1. The van der Waals surface area contributed by atoms with E-state index in [1.807, 2.05) is 0 Å². The van der Waals surface area contributed by atoms with Crippen molar-refractivity contribution in [2.45, 2.75) is 58.4 Å². The number of aliphatic carboxylic acids is 1. The highest BCUT2D eigenvalue weighted by Crippen LogP contribution is 2.45. The molecule has 1 heterocycles. The van der Waals surface area contributed by atoms with Crippen LogP contribution in [0.2, 0.25) is 0 Å². The van der Waals surface area contributed by atoms with E-state index in [4.69, 9.17) is 9.47 Å². The molecule has 0 aliphatic carbocycles. The molecule has 2 aromatic carbocycles. The van der Waals surface area contributed by atoms with Crippen molar-refractivity contribution in [3.05, 3.63) is 52.6 Å². The first kappa shape index (κ1) is 24.8.